The molecular weight excluding hydrogens is 511 g/mol. The molecule has 0 amide bonds. The van der Waals surface area contributed by atoms with Gasteiger partial charge < -0.3 is 17.0 Å². The van der Waals surface area contributed by atoms with E-state index in [4.69, 9.17) is 0 Å². The van der Waals surface area contributed by atoms with Crippen LogP contribution in [0.15, 0.2) is 54.6 Å². The van der Waals surface area contributed by atoms with Crippen LogP contribution < -0.4 is 17.0 Å². The normalized spacial score (nSPS) is 11.3. The van der Waals surface area contributed by atoms with E-state index >= 15 is 0 Å². The lowest BCUT2D eigenvalue weighted by Crippen LogP contribution is -3.00. The van der Waals surface area contributed by atoms with Crippen LogP contribution in [0, 0.1) is 0 Å². The van der Waals surface area contributed by atoms with Crippen molar-refractivity contribution >= 4 is 13.0 Å². The first-order valence-electron chi connectivity index (χ1n) is 14.2. The summed E-state index contributed by atoms with van der Waals surface area (Å²) in [5, 5.41) is 0. The van der Waals surface area contributed by atoms with Gasteiger partial charge in [0.2, 0.25) is 0 Å². The van der Waals surface area contributed by atoms with Crippen molar-refractivity contribution in [3.8, 4) is 0 Å². The maximum absolute atomic E-state index is 12.9. The Morgan fingerprint density at radius 1 is 0.571 bits per heavy atom. The fraction of sp³-hybridized carbons (Fsp3) is 0.594. The molecular formula is C32H50BrOP. The Bertz CT molecular complexity index is 756. The van der Waals surface area contributed by atoms with E-state index in [2.05, 4.69) is 45.0 Å². The zero-order valence-corrected chi connectivity index (χ0v) is 25.2. The molecule has 0 saturated heterocycles. The van der Waals surface area contributed by atoms with Gasteiger partial charge in [0, 0.05) is 18.4 Å². The Morgan fingerprint density at radius 2 is 1.00 bits per heavy atom. The van der Waals surface area contributed by atoms with Crippen molar-refractivity contribution < 1.29 is 21.8 Å². The van der Waals surface area contributed by atoms with Crippen LogP contribution in [0.2, 0.25) is 0 Å². The lowest BCUT2D eigenvalue weighted by atomic mass is 10.0. The Morgan fingerprint density at radius 3 is 1.43 bits per heavy atom. The van der Waals surface area contributed by atoms with Gasteiger partial charge in [0.25, 0.3) is 0 Å². The monoisotopic (exact) mass is 560 g/mol. The molecule has 0 aliphatic heterocycles. The lowest BCUT2D eigenvalue weighted by molar-refractivity contribution is -0.0000146. The van der Waals surface area contributed by atoms with E-state index in [0.29, 0.717) is 0 Å². The highest BCUT2D eigenvalue weighted by Crippen LogP contribution is 2.63. The molecule has 35 heavy (non-hydrogen) atoms. The largest absolute Gasteiger partial charge is 1.00 e. The van der Waals surface area contributed by atoms with Crippen LogP contribution in [0.4, 0.5) is 0 Å². The Kier molecular flexibility index (Phi) is 17.6. The standard InChI is InChI=1S/C32H50OP.BrH/c1-4-7-10-16-25-34(26-17-11-8-5-2,27-18-12-9-6-3)28-29-21-23-31(24-22-29)32(33)30-19-14-13-15-20-30;/h13-15,19-24H,4-12,16-18,25-28H2,1-3H3;1H/q+1;/p-1. The second-order valence-electron chi connectivity index (χ2n) is 10.2. The third-order valence-electron chi connectivity index (χ3n) is 7.23. The second kappa shape index (κ2) is 19.2. The van der Waals surface area contributed by atoms with Crippen molar-refractivity contribution in [1.82, 2.24) is 0 Å². The van der Waals surface area contributed by atoms with E-state index in [9.17, 15) is 4.79 Å². The molecule has 0 spiro atoms. The minimum Gasteiger partial charge on any atom is -1.00 e. The molecule has 1 nitrogen and oxygen atoms in total. The fourth-order valence-electron chi connectivity index (χ4n) is 5.10. The van der Waals surface area contributed by atoms with Crippen LogP contribution in [0.25, 0.3) is 0 Å². The molecule has 0 saturated carbocycles. The minimum atomic E-state index is -1.02. The molecule has 0 atom stereocenters. The number of ketones is 1. The molecule has 0 aromatic heterocycles. The number of halogens is 1. The summed E-state index contributed by atoms with van der Waals surface area (Å²) in [6, 6.07) is 18.3. The summed E-state index contributed by atoms with van der Waals surface area (Å²) < 4.78 is 0. The first kappa shape index (κ1) is 32.0. The zero-order chi connectivity index (χ0) is 24.5. The fourth-order valence-corrected chi connectivity index (χ4v) is 9.91. The number of carbonyl (C=O) groups excluding carboxylic acids is 1. The summed E-state index contributed by atoms with van der Waals surface area (Å²) in [5.41, 5.74) is 3.05. The first-order valence-corrected chi connectivity index (χ1v) is 16.7. The summed E-state index contributed by atoms with van der Waals surface area (Å²) in [6.45, 7) is 6.95. The molecule has 2 aromatic carbocycles. The molecule has 0 aliphatic carbocycles. The molecule has 0 heterocycles. The van der Waals surface area contributed by atoms with Gasteiger partial charge in [0.15, 0.2) is 5.78 Å². The first-order chi connectivity index (χ1) is 16.6. The van der Waals surface area contributed by atoms with Crippen LogP contribution in [0.1, 0.15) is 119 Å². The SMILES string of the molecule is CCCCCC[P+](CCCCCC)(CCCCCC)Cc1ccc(C(=O)c2ccccc2)cc1.[Br-]. The molecule has 196 valence electrons. The van der Waals surface area contributed by atoms with Gasteiger partial charge in [-0.1, -0.05) is 114 Å². The third-order valence-corrected chi connectivity index (χ3v) is 12.1. The van der Waals surface area contributed by atoms with Gasteiger partial charge in [-0.25, -0.2) is 0 Å². The van der Waals surface area contributed by atoms with E-state index in [-0.39, 0.29) is 22.8 Å². The smallest absolute Gasteiger partial charge is 0.193 e. The van der Waals surface area contributed by atoms with E-state index in [0.717, 1.165) is 11.1 Å². The number of rotatable bonds is 19. The molecule has 0 radical (unpaired) electrons. The molecule has 0 unspecified atom stereocenters. The number of hydrogen-bond acceptors (Lipinski definition) is 1. The summed E-state index contributed by atoms with van der Waals surface area (Å²) in [5.74, 6) is 0.131. The Balaban J connectivity index is 0.00000612. The summed E-state index contributed by atoms with van der Waals surface area (Å²) in [7, 11) is -1.02. The van der Waals surface area contributed by atoms with E-state index in [1.54, 1.807) is 0 Å². The van der Waals surface area contributed by atoms with Gasteiger partial charge in [0.05, 0.1) is 24.6 Å². The van der Waals surface area contributed by atoms with Crippen molar-refractivity contribution in [3.05, 3.63) is 71.3 Å². The Labute approximate surface area is 228 Å². The number of hydrogen-bond donors (Lipinski definition) is 0. The van der Waals surface area contributed by atoms with E-state index in [1.807, 2.05) is 30.3 Å². The van der Waals surface area contributed by atoms with E-state index < -0.39 is 7.26 Å². The maximum Gasteiger partial charge on any atom is 0.193 e. The lowest BCUT2D eigenvalue weighted by Gasteiger charge is -2.28. The van der Waals surface area contributed by atoms with Crippen molar-refractivity contribution in [3.63, 3.8) is 0 Å². The number of benzene rings is 2. The van der Waals surface area contributed by atoms with Crippen molar-refractivity contribution in [2.75, 3.05) is 18.5 Å². The predicted octanol–water partition coefficient (Wildman–Crippen LogP) is 7.18. The van der Waals surface area contributed by atoms with Gasteiger partial charge in [-0.15, -0.1) is 0 Å². The molecule has 0 fully saturated rings. The molecule has 2 rings (SSSR count). The van der Waals surface area contributed by atoms with E-state index in [1.165, 1.54) is 107 Å². The van der Waals surface area contributed by atoms with Crippen molar-refractivity contribution in [2.24, 2.45) is 0 Å². The van der Waals surface area contributed by atoms with Gasteiger partial charge in [-0.2, -0.15) is 0 Å². The summed E-state index contributed by atoms with van der Waals surface area (Å²) >= 11 is 0. The van der Waals surface area contributed by atoms with Gasteiger partial charge >= 0.3 is 0 Å². The quantitative estimate of drug-likeness (QED) is 0.101. The van der Waals surface area contributed by atoms with Crippen LogP contribution in [-0.4, -0.2) is 24.3 Å². The van der Waals surface area contributed by atoms with Crippen molar-refractivity contribution in [1.29, 1.82) is 0 Å². The van der Waals surface area contributed by atoms with Crippen LogP contribution >= 0.6 is 7.26 Å². The third kappa shape index (κ3) is 12.2. The highest BCUT2D eigenvalue weighted by molar-refractivity contribution is 7.75. The number of unbranched alkanes of at least 4 members (excludes halogenated alkanes) is 9. The minimum absolute atomic E-state index is 0. The van der Waals surface area contributed by atoms with Crippen LogP contribution in [0.3, 0.4) is 0 Å². The zero-order valence-electron chi connectivity index (χ0n) is 22.7. The molecule has 2 aromatic rings. The van der Waals surface area contributed by atoms with Crippen LogP contribution in [0.5, 0.6) is 0 Å². The van der Waals surface area contributed by atoms with Crippen molar-refractivity contribution in [2.45, 2.75) is 104 Å². The topological polar surface area (TPSA) is 17.1 Å². The summed E-state index contributed by atoms with van der Waals surface area (Å²) in [6.07, 6.45) is 22.2. The molecule has 3 heteroatoms. The predicted molar refractivity (Wildman–Crippen MR) is 154 cm³/mol. The average molecular weight is 562 g/mol. The molecule has 0 N–H and O–H groups in total. The second-order valence-corrected chi connectivity index (χ2v) is 14.6. The average Bonchev–Trinajstić information content (AvgIpc) is 2.88. The maximum atomic E-state index is 12.9. The highest BCUT2D eigenvalue weighted by Gasteiger charge is 2.36. The summed E-state index contributed by atoms with van der Waals surface area (Å²) in [4.78, 5) is 12.9. The Hall–Kier alpha value is -0.980. The number of carbonyl (C=O) groups is 1. The molecule has 0 bridgehead atoms. The molecule has 0 aliphatic rings. The van der Waals surface area contributed by atoms with Crippen LogP contribution in [-0.2, 0) is 6.16 Å². The van der Waals surface area contributed by atoms with Gasteiger partial charge in [-0.05, 0) is 44.1 Å². The van der Waals surface area contributed by atoms with Gasteiger partial charge in [0.1, 0.15) is 0 Å². The highest BCUT2D eigenvalue weighted by atomic mass is 79.9. The van der Waals surface area contributed by atoms with Gasteiger partial charge in [-0.3, -0.25) is 4.79 Å².